The van der Waals surface area contributed by atoms with Crippen LogP contribution in [0, 0.1) is 12.3 Å². The number of para-hydroxylation sites is 2. The Morgan fingerprint density at radius 2 is 1.96 bits per heavy atom. The van der Waals surface area contributed by atoms with Crippen molar-refractivity contribution in [3.8, 4) is 18.1 Å². The summed E-state index contributed by atoms with van der Waals surface area (Å²) in [5, 5.41) is 3.50. The van der Waals surface area contributed by atoms with Gasteiger partial charge >= 0.3 is 0 Å². The monoisotopic (exact) mass is 334 g/mol. The number of ether oxygens (including phenoxy) is 1. The van der Waals surface area contributed by atoms with E-state index in [-0.39, 0.29) is 24.7 Å². The second-order valence-corrected chi connectivity index (χ2v) is 6.09. The predicted molar refractivity (Wildman–Crippen MR) is 99.5 cm³/mol. The first-order valence-corrected chi connectivity index (χ1v) is 8.50. The minimum absolute atomic E-state index is 0.0282. The molecule has 1 aliphatic rings. The van der Waals surface area contributed by atoms with Crippen molar-refractivity contribution in [2.24, 2.45) is 0 Å². The summed E-state index contributed by atoms with van der Waals surface area (Å²) >= 11 is 0. The highest BCUT2D eigenvalue weighted by molar-refractivity contribution is 6.02. The molecule has 2 aromatic rings. The molecule has 0 aliphatic carbocycles. The lowest BCUT2D eigenvalue weighted by atomic mass is 10.0. The van der Waals surface area contributed by atoms with Gasteiger partial charge in [-0.1, -0.05) is 43.2 Å². The lowest BCUT2D eigenvalue weighted by Gasteiger charge is -2.41. The Labute approximate surface area is 148 Å². The SMILES string of the molecule is C#CCOc1ccccc1[C@@H]1Nc2ccccc2C(=O)N1[C@H](C)CC. The maximum Gasteiger partial charge on any atom is 0.258 e. The number of carbonyl (C=O) groups is 1. The molecule has 25 heavy (non-hydrogen) atoms. The third-order valence-electron chi connectivity index (χ3n) is 4.55. The number of hydrogen-bond donors (Lipinski definition) is 1. The minimum atomic E-state index is -0.300. The van der Waals surface area contributed by atoms with E-state index in [1.165, 1.54) is 0 Å². The second kappa shape index (κ2) is 7.31. The summed E-state index contributed by atoms with van der Waals surface area (Å²) in [5.41, 5.74) is 2.44. The van der Waals surface area contributed by atoms with Crippen LogP contribution in [-0.4, -0.2) is 23.5 Å². The van der Waals surface area contributed by atoms with E-state index in [9.17, 15) is 4.79 Å². The van der Waals surface area contributed by atoms with Gasteiger partial charge in [0, 0.05) is 17.3 Å². The molecule has 0 saturated carbocycles. The lowest BCUT2D eigenvalue weighted by Crippen LogP contribution is -2.47. The molecule has 0 fully saturated rings. The average Bonchev–Trinajstić information content (AvgIpc) is 2.66. The second-order valence-electron chi connectivity index (χ2n) is 6.09. The van der Waals surface area contributed by atoms with E-state index in [4.69, 9.17) is 11.2 Å². The molecule has 1 N–H and O–H groups in total. The molecule has 0 radical (unpaired) electrons. The van der Waals surface area contributed by atoms with Crippen LogP contribution in [0.1, 0.15) is 42.4 Å². The fraction of sp³-hybridized carbons (Fsp3) is 0.286. The number of nitrogens with zero attached hydrogens (tertiary/aromatic N) is 1. The normalized spacial score (nSPS) is 17.2. The molecular weight excluding hydrogens is 312 g/mol. The maximum absolute atomic E-state index is 13.1. The summed E-state index contributed by atoms with van der Waals surface area (Å²) in [6.07, 6.45) is 5.89. The molecular formula is C21H22N2O2. The van der Waals surface area contributed by atoms with Crippen molar-refractivity contribution >= 4 is 11.6 Å². The molecule has 1 aliphatic heterocycles. The van der Waals surface area contributed by atoms with Gasteiger partial charge in [0.2, 0.25) is 0 Å². The number of benzene rings is 2. The molecule has 4 heteroatoms. The van der Waals surface area contributed by atoms with E-state index in [2.05, 4.69) is 25.1 Å². The Kier molecular flexibility index (Phi) is 4.95. The zero-order valence-electron chi connectivity index (χ0n) is 14.5. The van der Waals surface area contributed by atoms with E-state index in [1.54, 1.807) is 0 Å². The van der Waals surface area contributed by atoms with Crippen LogP contribution in [0.15, 0.2) is 48.5 Å². The molecule has 2 atom stereocenters. The van der Waals surface area contributed by atoms with Gasteiger partial charge in [-0.15, -0.1) is 6.42 Å². The minimum Gasteiger partial charge on any atom is -0.481 e. The summed E-state index contributed by atoms with van der Waals surface area (Å²) in [7, 11) is 0. The molecule has 4 nitrogen and oxygen atoms in total. The molecule has 0 spiro atoms. The van der Waals surface area contributed by atoms with Gasteiger partial charge in [-0.25, -0.2) is 0 Å². The molecule has 1 amide bonds. The smallest absolute Gasteiger partial charge is 0.258 e. The fourth-order valence-corrected chi connectivity index (χ4v) is 3.10. The van der Waals surface area contributed by atoms with Crippen LogP contribution < -0.4 is 10.1 Å². The highest BCUT2D eigenvalue weighted by Crippen LogP contribution is 2.38. The van der Waals surface area contributed by atoms with E-state index in [0.29, 0.717) is 11.3 Å². The van der Waals surface area contributed by atoms with Crippen LogP contribution in [0.5, 0.6) is 5.75 Å². The first kappa shape index (κ1) is 16.9. The Morgan fingerprint density at radius 3 is 2.72 bits per heavy atom. The number of anilines is 1. The number of amides is 1. The molecule has 0 bridgehead atoms. The first-order valence-electron chi connectivity index (χ1n) is 8.50. The molecule has 0 saturated heterocycles. The first-order chi connectivity index (χ1) is 12.2. The van der Waals surface area contributed by atoms with Crippen LogP contribution in [0.2, 0.25) is 0 Å². The van der Waals surface area contributed by atoms with Crippen molar-refractivity contribution in [1.29, 1.82) is 0 Å². The van der Waals surface area contributed by atoms with E-state index in [0.717, 1.165) is 17.7 Å². The zero-order chi connectivity index (χ0) is 17.8. The zero-order valence-corrected chi connectivity index (χ0v) is 14.5. The Balaban J connectivity index is 2.07. The number of nitrogens with one attached hydrogen (secondary N) is 1. The lowest BCUT2D eigenvalue weighted by molar-refractivity contribution is 0.0591. The number of fused-ring (bicyclic) bond motifs is 1. The summed E-state index contributed by atoms with van der Waals surface area (Å²) in [6.45, 7) is 4.33. The summed E-state index contributed by atoms with van der Waals surface area (Å²) in [5.74, 6) is 3.21. The van der Waals surface area contributed by atoms with Gasteiger partial charge in [0.05, 0.1) is 5.56 Å². The molecule has 0 aromatic heterocycles. The summed E-state index contributed by atoms with van der Waals surface area (Å²) in [4.78, 5) is 15.0. The van der Waals surface area contributed by atoms with Gasteiger partial charge in [0.25, 0.3) is 5.91 Å². The van der Waals surface area contributed by atoms with Crippen molar-refractivity contribution in [3.63, 3.8) is 0 Å². The molecule has 2 aromatic carbocycles. The number of hydrogen-bond acceptors (Lipinski definition) is 3. The third-order valence-corrected chi connectivity index (χ3v) is 4.55. The highest BCUT2D eigenvalue weighted by Gasteiger charge is 2.36. The van der Waals surface area contributed by atoms with Crippen molar-refractivity contribution in [1.82, 2.24) is 4.90 Å². The summed E-state index contributed by atoms with van der Waals surface area (Å²) < 4.78 is 5.71. The van der Waals surface area contributed by atoms with Gasteiger partial charge in [-0.05, 0) is 31.5 Å². The predicted octanol–water partition coefficient (Wildman–Crippen LogP) is 4.06. The molecule has 3 rings (SSSR count). The van der Waals surface area contributed by atoms with Gasteiger partial charge in [-0.3, -0.25) is 4.79 Å². The largest absolute Gasteiger partial charge is 0.481 e. The Morgan fingerprint density at radius 1 is 1.24 bits per heavy atom. The fourth-order valence-electron chi connectivity index (χ4n) is 3.10. The van der Waals surface area contributed by atoms with E-state index >= 15 is 0 Å². The average molecular weight is 334 g/mol. The van der Waals surface area contributed by atoms with Crippen molar-refractivity contribution in [2.75, 3.05) is 11.9 Å². The van der Waals surface area contributed by atoms with Crippen LogP contribution in [0.4, 0.5) is 5.69 Å². The van der Waals surface area contributed by atoms with Crippen LogP contribution >= 0.6 is 0 Å². The van der Waals surface area contributed by atoms with Crippen LogP contribution in [0.25, 0.3) is 0 Å². The van der Waals surface area contributed by atoms with E-state index in [1.807, 2.05) is 53.4 Å². The molecule has 0 unspecified atom stereocenters. The quantitative estimate of drug-likeness (QED) is 0.838. The number of rotatable bonds is 5. The van der Waals surface area contributed by atoms with Gasteiger partial charge in [0.1, 0.15) is 18.5 Å². The maximum atomic E-state index is 13.1. The van der Waals surface area contributed by atoms with E-state index < -0.39 is 0 Å². The van der Waals surface area contributed by atoms with Crippen molar-refractivity contribution < 1.29 is 9.53 Å². The van der Waals surface area contributed by atoms with Gasteiger partial charge in [0.15, 0.2) is 0 Å². The molecule has 128 valence electrons. The third kappa shape index (κ3) is 3.18. The van der Waals surface area contributed by atoms with Crippen molar-refractivity contribution in [2.45, 2.75) is 32.5 Å². The number of carbonyl (C=O) groups excluding carboxylic acids is 1. The highest BCUT2D eigenvalue weighted by atomic mass is 16.5. The summed E-state index contributed by atoms with van der Waals surface area (Å²) in [6, 6.07) is 15.4. The topological polar surface area (TPSA) is 41.6 Å². The van der Waals surface area contributed by atoms with Crippen LogP contribution in [-0.2, 0) is 0 Å². The van der Waals surface area contributed by atoms with Crippen LogP contribution in [0.3, 0.4) is 0 Å². The van der Waals surface area contributed by atoms with Gasteiger partial charge < -0.3 is 15.0 Å². The molecule has 1 heterocycles. The Bertz CT molecular complexity index is 810. The van der Waals surface area contributed by atoms with Gasteiger partial charge in [-0.2, -0.15) is 0 Å². The number of terminal acetylenes is 1. The standard InChI is InChI=1S/C21H22N2O2/c1-4-14-25-19-13-9-7-11-17(19)20-22-18-12-8-6-10-16(18)21(24)23(20)15(3)5-2/h1,6-13,15,20,22H,5,14H2,2-3H3/t15-,20-/m1/s1. The van der Waals surface area contributed by atoms with Crippen molar-refractivity contribution in [3.05, 3.63) is 59.7 Å². The Hall–Kier alpha value is -2.93.